The van der Waals surface area contributed by atoms with Crippen molar-refractivity contribution in [3.8, 4) is 0 Å². The minimum absolute atomic E-state index is 0.180. The van der Waals surface area contributed by atoms with Crippen LogP contribution in [0.3, 0.4) is 0 Å². The molecule has 0 aromatic heterocycles. The molecule has 2 aromatic rings. The van der Waals surface area contributed by atoms with Gasteiger partial charge in [-0.15, -0.1) is 18.4 Å². The van der Waals surface area contributed by atoms with Crippen molar-refractivity contribution in [3.63, 3.8) is 0 Å². The van der Waals surface area contributed by atoms with Crippen LogP contribution in [0.1, 0.15) is 22.8 Å². The van der Waals surface area contributed by atoms with Gasteiger partial charge in [-0.3, -0.25) is 9.79 Å². The minimum atomic E-state index is -0.180. The number of allylic oxidation sites excluding steroid dienone is 4. The fourth-order valence-corrected chi connectivity index (χ4v) is 4.40. The number of thiol groups is 1. The van der Waals surface area contributed by atoms with Crippen LogP contribution in [0.15, 0.2) is 115 Å². The number of hydrogen-bond donors (Lipinski definition) is 2. The first kappa shape index (κ1) is 21.9. The zero-order valence-electron chi connectivity index (χ0n) is 17.5. The molecular formula is C26H21N3OS2. The predicted octanol–water partition coefficient (Wildman–Crippen LogP) is 6.07. The number of nitrogens with one attached hydrogen (secondary N) is 1. The third-order valence-corrected chi connectivity index (χ3v) is 6.63. The van der Waals surface area contributed by atoms with Gasteiger partial charge >= 0.3 is 0 Å². The van der Waals surface area contributed by atoms with Gasteiger partial charge in [0.15, 0.2) is 0 Å². The monoisotopic (exact) mass is 455 g/mol. The molecule has 2 heterocycles. The zero-order valence-corrected chi connectivity index (χ0v) is 19.2. The summed E-state index contributed by atoms with van der Waals surface area (Å²) in [5.74, 6) is -0.180. The van der Waals surface area contributed by atoms with Gasteiger partial charge in [-0.05, 0) is 48.9 Å². The van der Waals surface area contributed by atoms with E-state index < -0.39 is 0 Å². The summed E-state index contributed by atoms with van der Waals surface area (Å²) < 4.78 is 0. The van der Waals surface area contributed by atoms with Gasteiger partial charge in [0.05, 0.1) is 17.9 Å². The van der Waals surface area contributed by atoms with Crippen molar-refractivity contribution >= 4 is 47.9 Å². The van der Waals surface area contributed by atoms with Crippen molar-refractivity contribution in [3.05, 3.63) is 106 Å². The molecule has 0 atom stereocenters. The summed E-state index contributed by atoms with van der Waals surface area (Å²) in [6.07, 6.45) is 8.70. The van der Waals surface area contributed by atoms with Crippen molar-refractivity contribution in [2.75, 3.05) is 6.54 Å². The standard InChI is InChI=1S/C26H21N3OS2/c1-3-17(2)25(31)24-20-9-4-5-10-22(20)32-23-12-11-19(14-21(23)29-24)26(30)28-16-18-8-6-7-13-27-15-18/h3-7,9-15,31H,1,16H2,2H3,(H,28,30)/b25-17-. The van der Waals surface area contributed by atoms with Crippen LogP contribution in [0, 0.1) is 0 Å². The van der Waals surface area contributed by atoms with Crippen LogP contribution in [0.4, 0.5) is 5.69 Å². The van der Waals surface area contributed by atoms with Crippen LogP contribution >= 0.6 is 24.4 Å². The molecule has 0 saturated carbocycles. The van der Waals surface area contributed by atoms with Gasteiger partial charge < -0.3 is 5.32 Å². The first-order chi connectivity index (χ1) is 15.6. The maximum absolute atomic E-state index is 12.8. The van der Waals surface area contributed by atoms with Crippen LogP contribution in [0.5, 0.6) is 0 Å². The molecule has 0 unspecified atom stereocenters. The Bertz CT molecular complexity index is 1290. The van der Waals surface area contributed by atoms with Gasteiger partial charge in [0.1, 0.15) is 0 Å². The van der Waals surface area contributed by atoms with Gasteiger partial charge in [0, 0.05) is 43.8 Å². The fraction of sp³-hybridized carbons (Fsp3) is 0.0769. The lowest BCUT2D eigenvalue weighted by molar-refractivity contribution is 0.0957. The smallest absolute Gasteiger partial charge is 0.251 e. The van der Waals surface area contributed by atoms with E-state index in [0.29, 0.717) is 12.1 Å². The van der Waals surface area contributed by atoms with Crippen molar-refractivity contribution in [2.45, 2.75) is 16.7 Å². The Morgan fingerprint density at radius 1 is 1.25 bits per heavy atom. The molecule has 0 radical (unpaired) electrons. The second kappa shape index (κ2) is 9.88. The molecular weight excluding hydrogens is 434 g/mol. The van der Waals surface area contributed by atoms with Crippen LogP contribution in [0.25, 0.3) is 0 Å². The van der Waals surface area contributed by atoms with Crippen LogP contribution in [-0.4, -0.2) is 24.4 Å². The Morgan fingerprint density at radius 3 is 2.94 bits per heavy atom. The molecule has 0 bridgehead atoms. The van der Waals surface area contributed by atoms with Crippen molar-refractivity contribution in [2.24, 2.45) is 9.98 Å². The molecule has 4 rings (SSSR count). The number of hydrogen-bond acceptors (Lipinski definition) is 5. The summed E-state index contributed by atoms with van der Waals surface area (Å²) in [6, 6.07) is 13.7. The number of aliphatic imine (C=N–C) groups is 2. The average Bonchev–Trinajstić information content (AvgIpc) is 3.18. The molecule has 6 heteroatoms. The highest BCUT2D eigenvalue weighted by Crippen LogP contribution is 2.42. The van der Waals surface area contributed by atoms with E-state index >= 15 is 0 Å². The van der Waals surface area contributed by atoms with E-state index in [1.165, 1.54) is 0 Å². The average molecular weight is 456 g/mol. The van der Waals surface area contributed by atoms with Crippen LogP contribution in [-0.2, 0) is 0 Å². The molecule has 1 amide bonds. The van der Waals surface area contributed by atoms with Crippen LogP contribution < -0.4 is 5.32 Å². The summed E-state index contributed by atoms with van der Waals surface area (Å²) >= 11 is 6.37. The zero-order chi connectivity index (χ0) is 22.5. The lowest BCUT2D eigenvalue weighted by Gasteiger charge is -2.10. The molecule has 2 aliphatic rings. The van der Waals surface area contributed by atoms with Gasteiger partial charge in [-0.2, -0.15) is 0 Å². The molecule has 0 spiro atoms. The first-order valence-corrected chi connectivity index (χ1v) is 11.3. The highest BCUT2D eigenvalue weighted by molar-refractivity contribution is 7.99. The maximum Gasteiger partial charge on any atom is 0.251 e. The number of fused-ring (bicyclic) bond motifs is 2. The molecule has 1 N–H and O–H groups in total. The Labute approximate surface area is 197 Å². The Morgan fingerprint density at radius 2 is 2.09 bits per heavy atom. The van der Waals surface area contributed by atoms with E-state index in [1.54, 1.807) is 42.4 Å². The number of nitrogens with zero attached hydrogens (tertiary/aromatic N) is 2. The summed E-state index contributed by atoms with van der Waals surface area (Å²) in [7, 11) is 0. The van der Waals surface area contributed by atoms with Crippen molar-refractivity contribution < 1.29 is 4.79 Å². The number of rotatable bonds is 5. The largest absolute Gasteiger partial charge is 0.347 e. The summed E-state index contributed by atoms with van der Waals surface area (Å²) in [4.78, 5) is 24.7. The molecule has 158 valence electrons. The van der Waals surface area contributed by atoms with Gasteiger partial charge in [-0.25, -0.2) is 4.99 Å². The molecule has 2 aromatic carbocycles. The van der Waals surface area contributed by atoms with Gasteiger partial charge in [0.25, 0.3) is 5.91 Å². The molecule has 0 saturated heterocycles. The number of carbonyl (C=O) groups is 1. The third kappa shape index (κ3) is 4.78. The van der Waals surface area contributed by atoms with E-state index in [4.69, 9.17) is 17.6 Å². The van der Waals surface area contributed by atoms with Gasteiger partial charge in [-0.1, -0.05) is 42.6 Å². The van der Waals surface area contributed by atoms with Gasteiger partial charge in [0.2, 0.25) is 0 Å². The van der Waals surface area contributed by atoms with Crippen molar-refractivity contribution in [1.82, 2.24) is 5.32 Å². The van der Waals surface area contributed by atoms with Crippen molar-refractivity contribution in [1.29, 1.82) is 0 Å². The normalized spacial score (nSPS) is 14.8. The minimum Gasteiger partial charge on any atom is -0.347 e. The quantitative estimate of drug-likeness (QED) is 0.327. The summed E-state index contributed by atoms with van der Waals surface area (Å²) in [5.41, 5.74) is 7.86. The van der Waals surface area contributed by atoms with Crippen LogP contribution in [0.2, 0.25) is 0 Å². The lowest BCUT2D eigenvalue weighted by Crippen LogP contribution is -2.25. The van der Waals surface area contributed by atoms with E-state index in [9.17, 15) is 4.79 Å². The highest BCUT2D eigenvalue weighted by Gasteiger charge is 2.20. The third-order valence-electron chi connectivity index (χ3n) is 4.93. The van der Waals surface area contributed by atoms with E-state index in [0.717, 1.165) is 42.8 Å². The highest BCUT2D eigenvalue weighted by atomic mass is 32.2. The fourth-order valence-electron chi connectivity index (χ4n) is 3.14. The van der Waals surface area contributed by atoms with E-state index in [-0.39, 0.29) is 5.91 Å². The summed E-state index contributed by atoms with van der Waals surface area (Å²) in [5, 5.41) is 2.93. The predicted molar refractivity (Wildman–Crippen MR) is 137 cm³/mol. The Kier molecular flexibility index (Phi) is 6.76. The lowest BCUT2D eigenvalue weighted by atomic mass is 10.1. The second-order valence-corrected chi connectivity index (χ2v) is 8.65. The Hall–Kier alpha value is -3.31. The molecule has 0 fully saturated rings. The molecule has 4 nitrogen and oxygen atoms in total. The second-order valence-electron chi connectivity index (χ2n) is 7.12. The molecule has 2 aliphatic heterocycles. The molecule has 0 aliphatic carbocycles. The van der Waals surface area contributed by atoms with E-state index in [2.05, 4.69) is 28.7 Å². The van der Waals surface area contributed by atoms with E-state index in [1.807, 2.05) is 43.3 Å². The number of amides is 1. The number of benzene rings is 2. The Balaban J connectivity index is 1.69. The topological polar surface area (TPSA) is 53.8 Å². The summed E-state index contributed by atoms with van der Waals surface area (Å²) in [6.45, 7) is 6.16. The molecule has 32 heavy (non-hydrogen) atoms. The first-order valence-electron chi connectivity index (χ1n) is 10.0. The number of carbonyl (C=O) groups excluding carboxylic acids is 1. The maximum atomic E-state index is 12.8. The SMILES string of the molecule is C=C/C(C)=C(\S)C1=Nc2cc(C(=O)NCC3=C=CC=CN=C3)ccc2Sc2ccccc21.